The lowest BCUT2D eigenvalue weighted by Gasteiger charge is -2.27. The average molecular weight is 435 g/mol. The lowest BCUT2D eigenvalue weighted by molar-refractivity contribution is -0.120. The van der Waals surface area contributed by atoms with Crippen LogP contribution in [0.1, 0.15) is 35.2 Å². The molecule has 0 heterocycles. The van der Waals surface area contributed by atoms with Crippen LogP contribution in [0.4, 0.5) is 5.69 Å². The molecule has 0 aliphatic rings. The number of benzene rings is 2. The maximum atomic E-state index is 12.8. The molecule has 0 radical (unpaired) electrons. The van der Waals surface area contributed by atoms with Crippen LogP contribution in [0, 0.1) is 20.8 Å². The number of nitrogens with one attached hydrogen (secondary N) is 1. The van der Waals surface area contributed by atoms with E-state index >= 15 is 0 Å². The van der Waals surface area contributed by atoms with Crippen LogP contribution in [0.25, 0.3) is 0 Å². The van der Waals surface area contributed by atoms with Crippen LogP contribution in [-0.4, -0.2) is 41.3 Å². The third-order valence-corrected chi connectivity index (χ3v) is 5.97. The van der Waals surface area contributed by atoms with Crippen molar-refractivity contribution in [3.63, 3.8) is 0 Å². The average Bonchev–Trinajstić information content (AvgIpc) is 2.65. The molecule has 0 saturated heterocycles. The molecule has 0 spiro atoms. The molecule has 1 atom stereocenters. The van der Waals surface area contributed by atoms with Gasteiger partial charge >= 0.3 is 0 Å². The quantitative estimate of drug-likeness (QED) is 0.689. The Balaban J connectivity index is 2.30. The van der Waals surface area contributed by atoms with Gasteiger partial charge < -0.3 is 14.8 Å². The highest BCUT2D eigenvalue weighted by atomic mass is 32.2. The van der Waals surface area contributed by atoms with Gasteiger partial charge in [0.2, 0.25) is 15.9 Å². The number of amides is 1. The van der Waals surface area contributed by atoms with Gasteiger partial charge in [0.25, 0.3) is 0 Å². The Bertz CT molecular complexity index is 1010. The monoisotopic (exact) mass is 434 g/mol. The lowest BCUT2D eigenvalue weighted by atomic mass is 10.0. The van der Waals surface area contributed by atoms with Crippen LogP contribution in [0.5, 0.6) is 11.5 Å². The molecule has 0 saturated carbocycles. The van der Waals surface area contributed by atoms with Gasteiger partial charge in [0.1, 0.15) is 18.0 Å². The highest BCUT2D eigenvalue weighted by Gasteiger charge is 2.25. The number of methoxy groups -OCH3 is 2. The topological polar surface area (TPSA) is 84.9 Å². The molecule has 0 aliphatic heterocycles. The SMILES string of the molecule is COc1ccc(OC)c([C@H](C)NC(=O)CN(c2c(C)cc(C)cc2C)S(C)(=O)=O)c1. The van der Waals surface area contributed by atoms with Crippen molar-refractivity contribution in [2.24, 2.45) is 0 Å². The summed E-state index contributed by atoms with van der Waals surface area (Å²) in [4.78, 5) is 12.8. The Morgan fingerprint density at radius 2 is 1.67 bits per heavy atom. The van der Waals surface area contributed by atoms with Crippen LogP contribution in [0.3, 0.4) is 0 Å². The molecule has 1 N–H and O–H groups in total. The minimum atomic E-state index is -3.67. The molecule has 0 unspecified atom stereocenters. The van der Waals surface area contributed by atoms with Gasteiger partial charge in [-0.1, -0.05) is 17.7 Å². The van der Waals surface area contributed by atoms with E-state index in [1.807, 2.05) is 39.8 Å². The van der Waals surface area contributed by atoms with Gasteiger partial charge in [-0.2, -0.15) is 0 Å². The normalized spacial score (nSPS) is 12.2. The number of carbonyl (C=O) groups is 1. The maximum absolute atomic E-state index is 12.8. The van der Waals surface area contributed by atoms with E-state index in [4.69, 9.17) is 9.47 Å². The van der Waals surface area contributed by atoms with Crippen molar-refractivity contribution in [1.29, 1.82) is 0 Å². The molecule has 0 bridgehead atoms. The van der Waals surface area contributed by atoms with Crippen molar-refractivity contribution in [2.75, 3.05) is 31.3 Å². The summed E-state index contributed by atoms with van der Waals surface area (Å²) in [7, 11) is -0.557. The first-order valence-corrected chi connectivity index (χ1v) is 11.4. The summed E-state index contributed by atoms with van der Waals surface area (Å²) in [6, 6.07) is 8.71. The number of ether oxygens (including phenoxy) is 2. The molecule has 0 aromatic heterocycles. The summed E-state index contributed by atoms with van der Waals surface area (Å²) < 4.78 is 36.8. The molecular formula is C22H30N2O5S. The highest BCUT2D eigenvalue weighted by Crippen LogP contribution is 2.30. The molecule has 2 rings (SSSR count). The van der Waals surface area contributed by atoms with Gasteiger partial charge in [0.15, 0.2) is 0 Å². The first-order chi connectivity index (χ1) is 14.0. The lowest BCUT2D eigenvalue weighted by Crippen LogP contribution is -2.41. The summed E-state index contributed by atoms with van der Waals surface area (Å²) >= 11 is 0. The minimum Gasteiger partial charge on any atom is -0.497 e. The van der Waals surface area contributed by atoms with E-state index in [2.05, 4.69) is 5.32 Å². The molecule has 164 valence electrons. The third-order valence-electron chi connectivity index (χ3n) is 4.85. The fraction of sp³-hybridized carbons (Fsp3) is 0.409. The van der Waals surface area contributed by atoms with Crippen molar-refractivity contribution in [3.05, 3.63) is 52.6 Å². The predicted octanol–water partition coefficient (Wildman–Crippen LogP) is 3.27. The summed E-state index contributed by atoms with van der Waals surface area (Å²) in [5.41, 5.74) is 3.90. The zero-order valence-corrected chi connectivity index (χ0v) is 19.4. The Morgan fingerprint density at radius 1 is 1.07 bits per heavy atom. The molecule has 0 aliphatic carbocycles. The number of rotatable bonds is 8. The third kappa shape index (κ3) is 5.44. The number of sulfonamides is 1. The second-order valence-electron chi connectivity index (χ2n) is 7.41. The van der Waals surface area contributed by atoms with Crippen LogP contribution < -0.4 is 19.1 Å². The van der Waals surface area contributed by atoms with E-state index in [-0.39, 0.29) is 6.54 Å². The number of hydrogen-bond donors (Lipinski definition) is 1. The fourth-order valence-electron chi connectivity index (χ4n) is 3.60. The molecular weight excluding hydrogens is 404 g/mol. The van der Waals surface area contributed by atoms with Crippen LogP contribution in [-0.2, 0) is 14.8 Å². The van der Waals surface area contributed by atoms with Crippen molar-refractivity contribution in [1.82, 2.24) is 5.32 Å². The molecule has 2 aromatic carbocycles. The van der Waals surface area contributed by atoms with E-state index in [0.29, 0.717) is 17.2 Å². The summed E-state index contributed by atoms with van der Waals surface area (Å²) in [6.45, 7) is 7.12. The molecule has 8 heteroatoms. The van der Waals surface area contributed by atoms with Gasteiger partial charge in [-0.25, -0.2) is 8.42 Å². The Hall–Kier alpha value is -2.74. The van der Waals surface area contributed by atoms with Gasteiger partial charge in [-0.05, 0) is 57.0 Å². The Morgan fingerprint density at radius 3 is 2.17 bits per heavy atom. The molecule has 0 fully saturated rings. The molecule has 2 aromatic rings. The standard InChI is InChI=1S/C22H30N2O5S/c1-14-10-15(2)22(16(3)11-14)24(30(7,26)27)13-21(25)23-17(4)19-12-18(28-5)8-9-20(19)29-6/h8-12,17H,13H2,1-7H3,(H,23,25)/t17-/m0/s1. The second-order valence-corrected chi connectivity index (χ2v) is 9.32. The van der Waals surface area contributed by atoms with Crippen molar-refractivity contribution < 1.29 is 22.7 Å². The van der Waals surface area contributed by atoms with Crippen molar-refractivity contribution >= 4 is 21.6 Å². The number of anilines is 1. The van der Waals surface area contributed by atoms with E-state index in [0.717, 1.165) is 32.8 Å². The van der Waals surface area contributed by atoms with Gasteiger partial charge in [0, 0.05) is 5.56 Å². The highest BCUT2D eigenvalue weighted by molar-refractivity contribution is 7.92. The first kappa shape index (κ1) is 23.5. The van der Waals surface area contributed by atoms with Crippen molar-refractivity contribution in [3.8, 4) is 11.5 Å². The van der Waals surface area contributed by atoms with Gasteiger partial charge in [0.05, 0.1) is 32.2 Å². The van der Waals surface area contributed by atoms with E-state index in [9.17, 15) is 13.2 Å². The van der Waals surface area contributed by atoms with E-state index in [1.54, 1.807) is 32.4 Å². The zero-order chi connectivity index (χ0) is 22.6. The zero-order valence-electron chi connectivity index (χ0n) is 18.6. The summed E-state index contributed by atoms with van der Waals surface area (Å²) in [6.07, 6.45) is 1.10. The molecule has 7 nitrogen and oxygen atoms in total. The molecule has 30 heavy (non-hydrogen) atoms. The second kappa shape index (κ2) is 9.38. The number of hydrogen-bond acceptors (Lipinski definition) is 5. The predicted molar refractivity (Wildman–Crippen MR) is 119 cm³/mol. The van der Waals surface area contributed by atoms with Crippen LogP contribution in [0.2, 0.25) is 0 Å². The number of aryl methyl sites for hydroxylation is 3. The number of carbonyl (C=O) groups excluding carboxylic acids is 1. The summed E-state index contributed by atoms with van der Waals surface area (Å²) in [5.74, 6) is 0.821. The smallest absolute Gasteiger partial charge is 0.241 e. The van der Waals surface area contributed by atoms with Crippen molar-refractivity contribution in [2.45, 2.75) is 33.7 Å². The van der Waals surface area contributed by atoms with E-state index in [1.165, 1.54) is 0 Å². The largest absolute Gasteiger partial charge is 0.497 e. The van der Waals surface area contributed by atoms with Gasteiger partial charge in [-0.3, -0.25) is 9.10 Å². The Labute approximate surface area is 179 Å². The fourth-order valence-corrected chi connectivity index (χ4v) is 4.57. The number of nitrogens with zero attached hydrogens (tertiary/aromatic N) is 1. The minimum absolute atomic E-state index is 0.319. The van der Waals surface area contributed by atoms with Crippen LogP contribution in [0.15, 0.2) is 30.3 Å². The van der Waals surface area contributed by atoms with Crippen LogP contribution >= 0.6 is 0 Å². The maximum Gasteiger partial charge on any atom is 0.241 e. The Kier molecular flexibility index (Phi) is 7.36. The molecule has 1 amide bonds. The van der Waals surface area contributed by atoms with E-state index < -0.39 is 22.0 Å². The summed E-state index contributed by atoms with van der Waals surface area (Å²) in [5, 5.41) is 2.86. The first-order valence-electron chi connectivity index (χ1n) is 9.54. The van der Waals surface area contributed by atoms with Gasteiger partial charge in [-0.15, -0.1) is 0 Å².